The SMILES string of the molecule is CCc1[nH]nc(-c2cc(OC)c(OC)c(OC)c2)c1NC(=O)CC(C)(C)C. The third-order valence-corrected chi connectivity index (χ3v) is 4.09. The van der Waals surface area contributed by atoms with Gasteiger partial charge in [0.2, 0.25) is 11.7 Å². The number of benzene rings is 1. The Hall–Kier alpha value is -2.70. The van der Waals surface area contributed by atoms with Gasteiger partial charge in [0.05, 0.1) is 32.7 Å². The van der Waals surface area contributed by atoms with E-state index in [1.165, 1.54) is 0 Å². The molecule has 148 valence electrons. The number of aryl methyl sites for hydroxylation is 1. The third kappa shape index (κ3) is 4.72. The lowest BCUT2D eigenvalue weighted by Crippen LogP contribution is -2.20. The van der Waals surface area contributed by atoms with Crippen LogP contribution in [-0.2, 0) is 11.2 Å². The molecule has 2 rings (SSSR count). The summed E-state index contributed by atoms with van der Waals surface area (Å²) in [5.74, 6) is 1.51. The highest BCUT2D eigenvalue weighted by atomic mass is 16.5. The Morgan fingerprint density at radius 1 is 1.11 bits per heavy atom. The molecule has 0 aliphatic carbocycles. The first kappa shape index (κ1) is 20.6. The Morgan fingerprint density at radius 3 is 2.15 bits per heavy atom. The summed E-state index contributed by atoms with van der Waals surface area (Å²) in [4.78, 5) is 12.5. The lowest BCUT2D eigenvalue weighted by atomic mass is 9.92. The molecular weight excluding hydrogens is 346 g/mol. The van der Waals surface area contributed by atoms with Gasteiger partial charge in [0, 0.05) is 12.0 Å². The summed E-state index contributed by atoms with van der Waals surface area (Å²) < 4.78 is 16.2. The molecule has 2 N–H and O–H groups in total. The number of carbonyl (C=O) groups excluding carboxylic acids is 1. The highest BCUT2D eigenvalue weighted by molar-refractivity contribution is 5.96. The number of aromatic amines is 1. The van der Waals surface area contributed by atoms with Crippen LogP contribution in [0.25, 0.3) is 11.3 Å². The lowest BCUT2D eigenvalue weighted by molar-refractivity contribution is -0.117. The highest BCUT2D eigenvalue weighted by Crippen LogP contribution is 2.42. The molecule has 0 spiro atoms. The average molecular weight is 375 g/mol. The van der Waals surface area contributed by atoms with Gasteiger partial charge in [-0.15, -0.1) is 0 Å². The monoisotopic (exact) mass is 375 g/mol. The maximum atomic E-state index is 12.5. The third-order valence-electron chi connectivity index (χ3n) is 4.09. The maximum Gasteiger partial charge on any atom is 0.225 e. The van der Waals surface area contributed by atoms with Crippen LogP contribution in [0.15, 0.2) is 12.1 Å². The van der Waals surface area contributed by atoms with Crippen molar-refractivity contribution in [2.45, 2.75) is 40.5 Å². The van der Waals surface area contributed by atoms with Crippen molar-refractivity contribution in [3.8, 4) is 28.5 Å². The Morgan fingerprint density at radius 2 is 1.70 bits per heavy atom. The fourth-order valence-corrected chi connectivity index (χ4v) is 2.86. The van der Waals surface area contributed by atoms with E-state index >= 15 is 0 Å². The minimum absolute atomic E-state index is 0.0488. The number of amides is 1. The second-order valence-electron chi connectivity index (χ2n) is 7.48. The van der Waals surface area contributed by atoms with Crippen LogP contribution in [0.1, 0.15) is 39.8 Å². The zero-order valence-electron chi connectivity index (χ0n) is 17.1. The normalized spacial score (nSPS) is 11.2. The molecule has 0 radical (unpaired) electrons. The van der Waals surface area contributed by atoms with Crippen LogP contribution >= 0.6 is 0 Å². The quantitative estimate of drug-likeness (QED) is 0.763. The van der Waals surface area contributed by atoms with Crippen LogP contribution in [0.5, 0.6) is 17.2 Å². The van der Waals surface area contributed by atoms with Crippen LogP contribution in [0, 0.1) is 5.41 Å². The summed E-state index contributed by atoms with van der Waals surface area (Å²) in [6.07, 6.45) is 1.12. The summed E-state index contributed by atoms with van der Waals surface area (Å²) in [5, 5.41) is 10.5. The van der Waals surface area contributed by atoms with E-state index in [0.29, 0.717) is 41.5 Å². The first-order valence-electron chi connectivity index (χ1n) is 8.91. The first-order chi connectivity index (χ1) is 12.7. The molecule has 0 saturated carbocycles. The van der Waals surface area contributed by atoms with Crippen molar-refractivity contribution in [1.29, 1.82) is 0 Å². The molecule has 7 heteroatoms. The van der Waals surface area contributed by atoms with Crippen LogP contribution in [0.2, 0.25) is 0 Å². The number of nitrogens with zero attached hydrogens (tertiary/aromatic N) is 1. The van der Waals surface area contributed by atoms with E-state index in [2.05, 4.69) is 15.5 Å². The Bertz CT molecular complexity index is 781. The van der Waals surface area contributed by atoms with Crippen LogP contribution in [-0.4, -0.2) is 37.4 Å². The van der Waals surface area contributed by atoms with Gasteiger partial charge in [-0.1, -0.05) is 27.7 Å². The number of H-pyrrole nitrogens is 1. The van der Waals surface area contributed by atoms with Crippen LogP contribution in [0.4, 0.5) is 5.69 Å². The lowest BCUT2D eigenvalue weighted by Gasteiger charge is -2.18. The van der Waals surface area contributed by atoms with Gasteiger partial charge in [0.15, 0.2) is 11.5 Å². The van der Waals surface area contributed by atoms with Gasteiger partial charge in [0.25, 0.3) is 0 Å². The van der Waals surface area contributed by atoms with Crippen LogP contribution < -0.4 is 19.5 Å². The Labute approximate surface area is 160 Å². The molecule has 0 bridgehead atoms. The molecule has 0 unspecified atom stereocenters. The van der Waals surface area contributed by atoms with Crippen molar-refractivity contribution in [1.82, 2.24) is 10.2 Å². The number of methoxy groups -OCH3 is 3. The van der Waals surface area contributed by atoms with E-state index in [4.69, 9.17) is 14.2 Å². The number of aromatic nitrogens is 2. The molecular formula is C20H29N3O4. The summed E-state index contributed by atoms with van der Waals surface area (Å²) in [6.45, 7) is 8.10. The van der Waals surface area contributed by atoms with Crippen molar-refractivity contribution in [3.05, 3.63) is 17.8 Å². The smallest absolute Gasteiger partial charge is 0.225 e. The first-order valence-corrected chi connectivity index (χ1v) is 8.91. The van der Waals surface area contributed by atoms with Gasteiger partial charge >= 0.3 is 0 Å². The fourth-order valence-electron chi connectivity index (χ4n) is 2.86. The number of anilines is 1. The Kier molecular flexibility index (Phi) is 6.36. The van der Waals surface area contributed by atoms with Crippen molar-refractivity contribution >= 4 is 11.6 Å². The standard InChI is InChI=1S/C20H29N3O4/c1-8-13-18(21-16(24)11-20(2,3)4)17(23-22-13)12-9-14(25-5)19(27-7)15(10-12)26-6/h9-10H,8,11H2,1-7H3,(H,21,24)(H,22,23). The van der Waals surface area contributed by atoms with Gasteiger partial charge < -0.3 is 19.5 Å². The molecule has 2 aromatic rings. The van der Waals surface area contributed by atoms with Gasteiger partial charge in [-0.2, -0.15) is 5.10 Å². The largest absolute Gasteiger partial charge is 0.493 e. The second kappa shape index (κ2) is 8.33. The topological polar surface area (TPSA) is 85.5 Å². The molecule has 1 aromatic carbocycles. The molecule has 0 fully saturated rings. The second-order valence-corrected chi connectivity index (χ2v) is 7.48. The van der Waals surface area contributed by atoms with E-state index in [1.54, 1.807) is 21.3 Å². The molecule has 7 nitrogen and oxygen atoms in total. The minimum Gasteiger partial charge on any atom is -0.493 e. The molecule has 1 aromatic heterocycles. The predicted molar refractivity (Wildman–Crippen MR) is 106 cm³/mol. The fraction of sp³-hybridized carbons (Fsp3) is 0.500. The minimum atomic E-state index is -0.104. The molecule has 1 amide bonds. The van der Waals surface area contributed by atoms with Crippen molar-refractivity contribution < 1.29 is 19.0 Å². The van der Waals surface area contributed by atoms with Gasteiger partial charge in [-0.05, 0) is 24.0 Å². The zero-order chi connectivity index (χ0) is 20.2. The Balaban J connectivity index is 2.50. The molecule has 27 heavy (non-hydrogen) atoms. The number of carbonyl (C=O) groups is 1. The van der Waals surface area contributed by atoms with E-state index in [-0.39, 0.29) is 11.3 Å². The molecule has 0 saturated heterocycles. The number of nitrogens with one attached hydrogen (secondary N) is 2. The van der Waals surface area contributed by atoms with Gasteiger partial charge in [0.1, 0.15) is 5.69 Å². The predicted octanol–water partition coefficient (Wildman–Crippen LogP) is 4.04. The summed E-state index contributed by atoms with van der Waals surface area (Å²) in [6, 6.07) is 3.63. The van der Waals surface area contributed by atoms with Crippen LogP contribution in [0.3, 0.4) is 0 Å². The zero-order valence-corrected chi connectivity index (χ0v) is 17.1. The molecule has 1 heterocycles. The van der Waals surface area contributed by atoms with E-state index in [9.17, 15) is 4.79 Å². The van der Waals surface area contributed by atoms with Gasteiger partial charge in [-0.3, -0.25) is 9.89 Å². The van der Waals surface area contributed by atoms with Gasteiger partial charge in [-0.25, -0.2) is 0 Å². The number of ether oxygens (including phenoxy) is 3. The number of rotatable bonds is 7. The maximum absolute atomic E-state index is 12.5. The van der Waals surface area contributed by atoms with Crippen molar-refractivity contribution in [3.63, 3.8) is 0 Å². The highest BCUT2D eigenvalue weighted by Gasteiger charge is 2.22. The molecule has 0 aliphatic heterocycles. The molecule has 0 aliphatic rings. The number of hydrogen-bond acceptors (Lipinski definition) is 5. The van der Waals surface area contributed by atoms with Crippen molar-refractivity contribution in [2.24, 2.45) is 5.41 Å². The summed E-state index contributed by atoms with van der Waals surface area (Å²) >= 11 is 0. The van der Waals surface area contributed by atoms with E-state index < -0.39 is 0 Å². The summed E-state index contributed by atoms with van der Waals surface area (Å²) in [7, 11) is 4.69. The number of hydrogen-bond donors (Lipinski definition) is 2. The molecule has 0 atom stereocenters. The average Bonchev–Trinajstić information content (AvgIpc) is 3.01. The van der Waals surface area contributed by atoms with E-state index in [1.807, 2.05) is 39.8 Å². The van der Waals surface area contributed by atoms with E-state index in [0.717, 1.165) is 11.3 Å². The summed E-state index contributed by atoms with van der Waals surface area (Å²) in [5.41, 5.74) is 2.83. The van der Waals surface area contributed by atoms with Crippen molar-refractivity contribution in [2.75, 3.05) is 26.6 Å².